The van der Waals surface area contributed by atoms with Crippen molar-refractivity contribution in [2.45, 2.75) is 31.7 Å². The molecule has 1 unspecified atom stereocenters. The van der Waals surface area contributed by atoms with Crippen LogP contribution in [0.2, 0.25) is 0 Å². The van der Waals surface area contributed by atoms with E-state index >= 15 is 0 Å². The summed E-state index contributed by atoms with van der Waals surface area (Å²) in [6, 6.07) is 8.10. The molecule has 1 aromatic carbocycles. The first-order valence-corrected chi connectivity index (χ1v) is 6.59. The van der Waals surface area contributed by atoms with Gasteiger partial charge in [0.15, 0.2) is 0 Å². The largest absolute Gasteiger partial charge is 0.284 e. The van der Waals surface area contributed by atoms with E-state index in [4.69, 9.17) is 5.26 Å². The summed E-state index contributed by atoms with van der Waals surface area (Å²) in [6.07, 6.45) is 4.57. The van der Waals surface area contributed by atoms with Gasteiger partial charge in [-0.05, 0) is 43.6 Å². The van der Waals surface area contributed by atoms with E-state index in [1.54, 1.807) is 6.07 Å². The number of rotatable bonds is 2. The molecule has 0 aromatic heterocycles. The van der Waals surface area contributed by atoms with Gasteiger partial charge in [-0.1, -0.05) is 18.9 Å². The molecule has 1 heterocycles. The molecule has 1 aliphatic heterocycles. The third-order valence-corrected chi connectivity index (χ3v) is 3.55. The molecule has 0 amide bonds. The lowest BCUT2D eigenvalue weighted by atomic mass is 10.0. The second-order valence-electron chi connectivity index (χ2n) is 4.83. The molecule has 0 bridgehead atoms. The normalized spacial score (nSPS) is 18.1. The van der Waals surface area contributed by atoms with Crippen molar-refractivity contribution in [1.29, 1.82) is 10.5 Å². The lowest BCUT2D eigenvalue weighted by Crippen LogP contribution is -2.29. The quantitative estimate of drug-likeness (QED) is 0.817. The van der Waals surface area contributed by atoms with Crippen LogP contribution in [0.1, 0.15) is 42.9 Å². The highest BCUT2D eigenvalue weighted by Crippen LogP contribution is 2.25. The first-order chi connectivity index (χ1) is 9.26. The Morgan fingerprint density at radius 3 is 2.37 bits per heavy atom. The lowest BCUT2D eigenvalue weighted by molar-refractivity contribution is 0.245. The van der Waals surface area contributed by atoms with Crippen LogP contribution in [-0.2, 0) is 0 Å². The van der Waals surface area contributed by atoms with Gasteiger partial charge in [0.05, 0.1) is 11.6 Å². The van der Waals surface area contributed by atoms with Crippen molar-refractivity contribution >= 4 is 0 Å². The fraction of sp³-hybridized carbons (Fsp3) is 0.467. The lowest BCUT2D eigenvalue weighted by Gasteiger charge is -2.25. The summed E-state index contributed by atoms with van der Waals surface area (Å²) in [6.45, 7) is 1.77. The third-order valence-electron chi connectivity index (χ3n) is 3.55. The molecule has 0 N–H and O–H groups in total. The second kappa shape index (κ2) is 6.31. The fourth-order valence-corrected chi connectivity index (χ4v) is 2.52. The van der Waals surface area contributed by atoms with E-state index in [0.29, 0.717) is 5.56 Å². The van der Waals surface area contributed by atoms with E-state index in [2.05, 4.69) is 11.0 Å². The van der Waals surface area contributed by atoms with Gasteiger partial charge in [-0.3, -0.25) is 4.90 Å². The molecule has 1 atom stereocenters. The highest BCUT2D eigenvalue weighted by Gasteiger charge is 2.21. The Labute approximate surface area is 112 Å². The maximum atomic E-state index is 13.3. The maximum Gasteiger partial charge on any atom is 0.140 e. The molecule has 0 radical (unpaired) electrons. The summed E-state index contributed by atoms with van der Waals surface area (Å²) in [7, 11) is 0. The molecule has 98 valence electrons. The molecule has 0 spiro atoms. The van der Waals surface area contributed by atoms with Gasteiger partial charge in [-0.2, -0.15) is 10.5 Å². The van der Waals surface area contributed by atoms with E-state index in [-0.39, 0.29) is 11.6 Å². The molecule has 3 nitrogen and oxygen atoms in total. The zero-order valence-electron chi connectivity index (χ0n) is 10.8. The number of hydrogen-bond donors (Lipinski definition) is 0. The van der Waals surface area contributed by atoms with Crippen molar-refractivity contribution in [3.05, 3.63) is 35.1 Å². The van der Waals surface area contributed by atoms with E-state index < -0.39 is 5.82 Å². The number of likely N-dealkylation sites (tertiary alicyclic amines) is 1. The number of nitriles is 2. The van der Waals surface area contributed by atoms with Gasteiger partial charge in [0.25, 0.3) is 0 Å². The smallest absolute Gasteiger partial charge is 0.140 e. The van der Waals surface area contributed by atoms with E-state index in [0.717, 1.165) is 25.9 Å². The molecule has 19 heavy (non-hydrogen) atoms. The Morgan fingerprint density at radius 1 is 1.11 bits per heavy atom. The van der Waals surface area contributed by atoms with Gasteiger partial charge >= 0.3 is 0 Å². The van der Waals surface area contributed by atoms with Crippen molar-refractivity contribution in [2.24, 2.45) is 0 Å². The minimum absolute atomic E-state index is 0.00701. The Balaban J connectivity index is 2.26. The molecule has 0 aliphatic carbocycles. The Morgan fingerprint density at radius 2 is 1.79 bits per heavy atom. The molecule has 2 rings (SSSR count). The van der Waals surface area contributed by atoms with Crippen LogP contribution >= 0.6 is 0 Å². The minimum Gasteiger partial charge on any atom is -0.284 e. The topological polar surface area (TPSA) is 50.8 Å². The molecule has 1 aromatic rings. The third kappa shape index (κ3) is 3.10. The number of hydrogen-bond acceptors (Lipinski definition) is 3. The molecule has 1 saturated heterocycles. The van der Waals surface area contributed by atoms with Gasteiger partial charge in [0.2, 0.25) is 0 Å². The summed E-state index contributed by atoms with van der Waals surface area (Å²) in [5.41, 5.74) is 0.718. The minimum atomic E-state index is -0.529. The average Bonchev–Trinajstić information content (AvgIpc) is 2.70. The van der Waals surface area contributed by atoms with Crippen LogP contribution in [0, 0.1) is 28.5 Å². The Kier molecular flexibility index (Phi) is 4.49. The zero-order valence-corrected chi connectivity index (χ0v) is 10.8. The zero-order chi connectivity index (χ0) is 13.7. The highest BCUT2D eigenvalue weighted by atomic mass is 19.1. The first kappa shape index (κ1) is 13.5. The van der Waals surface area contributed by atoms with Crippen LogP contribution in [0.5, 0.6) is 0 Å². The molecular weight excluding hydrogens is 241 g/mol. The number of halogens is 1. The fourth-order valence-electron chi connectivity index (χ4n) is 2.52. The van der Waals surface area contributed by atoms with Crippen LogP contribution < -0.4 is 0 Å². The van der Waals surface area contributed by atoms with Crippen LogP contribution in [-0.4, -0.2) is 18.0 Å². The van der Waals surface area contributed by atoms with Crippen LogP contribution in [0.25, 0.3) is 0 Å². The SMILES string of the molecule is N#Cc1cc(C(C#N)N2CCCCCC2)ccc1F. The van der Waals surface area contributed by atoms with Crippen molar-refractivity contribution in [3.8, 4) is 12.1 Å². The van der Waals surface area contributed by atoms with Gasteiger partial charge in [0.1, 0.15) is 17.9 Å². The van der Waals surface area contributed by atoms with E-state index in [1.807, 2.05) is 6.07 Å². The predicted octanol–water partition coefficient (Wildman–Crippen LogP) is 3.14. The molecule has 0 saturated carbocycles. The van der Waals surface area contributed by atoms with E-state index in [1.165, 1.54) is 25.0 Å². The predicted molar refractivity (Wildman–Crippen MR) is 69.5 cm³/mol. The summed E-state index contributed by atoms with van der Waals surface area (Å²) < 4.78 is 13.3. The summed E-state index contributed by atoms with van der Waals surface area (Å²) >= 11 is 0. The van der Waals surface area contributed by atoms with Crippen molar-refractivity contribution < 1.29 is 4.39 Å². The molecular formula is C15H16FN3. The standard InChI is InChI=1S/C15H16FN3/c16-14-6-5-12(9-13(14)10-17)15(11-18)19-7-3-1-2-4-8-19/h5-6,9,15H,1-4,7-8H2. The van der Waals surface area contributed by atoms with Crippen molar-refractivity contribution in [3.63, 3.8) is 0 Å². The monoisotopic (exact) mass is 257 g/mol. The summed E-state index contributed by atoms with van der Waals surface area (Å²) in [4.78, 5) is 2.13. The Hall–Kier alpha value is -1.91. The van der Waals surface area contributed by atoms with Crippen molar-refractivity contribution in [1.82, 2.24) is 4.90 Å². The number of nitrogens with zero attached hydrogens (tertiary/aromatic N) is 3. The molecule has 1 aliphatic rings. The van der Waals surface area contributed by atoms with Crippen LogP contribution in [0.15, 0.2) is 18.2 Å². The van der Waals surface area contributed by atoms with Crippen LogP contribution in [0.4, 0.5) is 4.39 Å². The second-order valence-corrected chi connectivity index (χ2v) is 4.83. The first-order valence-electron chi connectivity index (χ1n) is 6.59. The number of benzene rings is 1. The highest BCUT2D eigenvalue weighted by molar-refractivity contribution is 5.37. The Bertz CT molecular complexity index is 519. The van der Waals surface area contributed by atoms with Gasteiger partial charge in [-0.25, -0.2) is 4.39 Å². The molecule has 4 heteroatoms. The summed E-state index contributed by atoms with van der Waals surface area (Å²) in [5.74, 6) is -0.529. The van der Waals surface area contributed by atoms with Gasteiger partial charge in [0, 0.05) is 0 Å². The summed E-state index contributed by atoms with van der Waals surface area (Å²) in [5, 5.41) is 18.3. The van der Waals surface area contributed by atoms with Crippen molar-refractivity contribution in [2.75, 3.05) is 13.1 Å². The van der Waals surface area contributed by atoms with E-state index in [9.17, 15) is 9.65 Å². The average molecular weight is 257 g/mol. The maximum absolute atomic E-state index is 13.3. The van der Waals surface area contributed by atoms with Gasteiger partial charge < -0.3 is 0 Å². The molecule has 1 fully saturated rings. The van der Waals surface area contributed by atoms with Crippen LogP contribution in [0.3, 0.4) is 0 Å². The van der Waals surface area contributed by atoms with Gasteiger partial charge in [-0.15, -0.1) is 0 Å².